The third-order valence-corrected chi connectivity index (χ3v) is 11.0. The summed E-state index contributed by atoms with van der Waals surface area (Å²) < 4.78 is 2.26. The van der Waals surface area contributed by atoms with Crippen LogP contribution in [0, 0.1) is 0 Å². The van der Waals surface area contributed by atoms with Gasteiger partial charge in [0, 0.05) is 27.5 Å². The van der Waals surface area contributed by atoms with Crippen molar-refractivity contribution >= 4 is 43.4 Å². The average molecular weight is 727 g/mol. The Morgan fingerprint density at radius 2 is 0.895 bits per heavy atom. The highest BCUT2D eigenvalue weighted by atomic mass is 15.2. The summed E-state index contributed by atoms with van der Waals surface area (Å²) >= 11 is 0. The Morgan fingerprint density at radius 3 is 1.67 bits per heavy atom. The number of aromatic nitrogens is 4. The monoisotopic (exact) mass is 726 g/mol. The standard InChI is InChI=1S/C53H34N4/c1-4-15-35(16-5-1)43-33-46(38-18-6-2-7-19-38)50-48(34-43)47-32-41(45-26-14-24-37-20-12-13-25-44(37)45)29-30-49(47)57(50)53-55-51(39-21-8-3-9-22-39)54-52(56-53)42-28-27-36-17-10-11-23-40(36)31-42/h1-34H. The molecular formula is C53H34N4. The second-order valence-electron chi connectivity index (χ2n) is 14.5. The maximum absolute atomic E-state index is 5.36. The molecule has 9 aromatic carbocycles. The van der Waals surface area contributed by atoms with E-state index in [0.717, 1.165) is 66.1 Å². The van der Waals surface area contributed by atoms with E-state index in [1.165, 1.54) is 21.7 Å². The minimum Gasteiger partial charge on any atom is -0.277 e. The number of rotatable bonds is 6. The Labute approximate surface area is 330 Å². The summed E-state index contributed by atoms with van der Waals surface area (Å²) in [6.45, 7) is 0. The average Bonchev–Trinajstić information content (AvgIpc) is 3.62. The molecule has 4 heteroatoms. The molecule has 0 amide bonds. The van der Waals surface area contributed by atoms with Crippen LogP contribution >= 0.6 is 0 Å². The Hall–Kier alpha value is -7.69. The van der Waals surface area contributed by atoms with Crippen LogP contribution < -0.4 is 0 Å². The quantitative estimate of drug-likeness (QED) is 0.171. The summed E-state index contributed by atoms with van der Waals surface area (Å²) in [5.74, 6) is 1.80. The number of hydrogen-bond donors (Lipinski definition) is 0. The summed E-state index contributed by atoms with van der Waals surface area (Å²) in [5.41, 5.74) is 10.8. The normalized spacial score (nSPS) is 11.5. The third kappa shape index (κ3) is 5.74. The molecule has 0 atom stereocenters. The van der Waals surface area contributed by atoms with E-state index in [4.69, 9.17) is 15.0 Å². The fourth-order valence-electron chi connectivity index (χ4n) is 8.27. The van der Waals surface area contributed by atoms with Crippen LogP contribution in [0.5, 0.6) is 0 Å². The van der Waals surface area contributed by atoms with Crippen LogP contribution in [-0.4, -0.2) is 19.5 Å². The van der Waals surface area contributed by atoms with Gasteiger partial charge in [-0.3, -0.25) is 4.57 Å². The van der Waals surface area contributed by atoms with Gasteiger partial charge in [0.15, 0.2) is 11.6 Å². The molecule has 0 aliphatic heterocycles. The molecule has 0 unspecified atom stereocenters. The van der Waals surface area contributed by atoms with Crippen molar-refractivity contribution in [3.8, 4) is 62.1 Å². The van der Waals surface area contributed by atoms with Gasteiger partial charge in [0.05, 0.1) is 11.0 Å². The van der Waals surface area contributed by atoms with E-state index in [1.807, 2.05) is 18.2 Å². The van der Waals surface area contributed by atoms with Crippen molar-refractivity contribution in [2.24, 2.45) is 0 Å². The molecule has 0 radical (unpaired) electrons. The van der Waals surface area contributed by atoms with Gasteiger partial charge < -0.3 is 0 Å². The molecule has 11 aromatic rings. The lowest BCUT2D eigenvalue weighted by Gasteiger charge is -2.14. The van der Waals surface area contributed by atoms with Crippen LogP contribution in [0.25, 0.3) is 105 Å². The van der Waals surface area contributed by atoms with E-state index < -0.39 is 0 Å². The zero-order valence-corrected chi connectivity index (χ0v) is 30.9. The van der Waals surface area contributed by atoms with Gasteiger partial charge in [0.2, 0.25) is 5.95 Å². The smallest absolute Gasteiger partial charge is 0.238 e. The van der Waals surface area contributed by atoms with Crippen LogP contribution in [0.2, 0.25) is 0 Å². The van der Waals surface area contributed by atoms with Crippen molar-refractivity contribution in [1.82, 2.24) is 19.5 Å². The van der Waals surface area contributed by atoms with Crippen LogP contribution in [-0.2, 0) is 0 Å². The van der Waals surface area contributed by atoms with E-state index in [9.17, 15) is 0 Å². The highest BCUT2D eigenvalue weighted by molar-refractivity contribution is 6.16. The Balaban J connectivity index is 1.26. The SMILES string of the molecule is c1ccc(-c2cc(-c3ccccc3)c3c(c2)c2cc(-c4cccc5ccccc45)ccc2n3-c2nc(-c3ccccc3)nc(-c3ccc4ccccc4c3)n2)cc1. The largest absolute Gasteiger partial charge is 0.277 e. The zero-order chi connectivity index (χ0) is 37.7. The van der Waals surface area contributed by atoms with E-state index in [1.54, 1.807) is 0 Å². The van der Waals surface area contributed by atoms with Gasteiger partial charge >= 0.3 is 0 Å². The molecule has 2 aromatic heterocycles. The van der Waals surface area contributed by atoms with E-state index in [2.05, 4.69) is 193 Å². The number of nitrogens with zero attached hydrogens (tertiary/aromatic N) is 4. The Kier molecular flexibility index (Phi) is 7.78. The van der Waals surface area contributed by atoms with E-state index in [0.29, 0.717) is 17.6 Å². The molecule has 0 aliphatic rings. The molecule has 0 N–H and O–H groups in total. The molecular weight excluding hydrogens is 693 g/mol. The van der Waals surface area contributed by atoms with Crippen LogP contribution in [0.15, 0.2) is 206 Å². The van der Waals surface area contributed by atoms with Gasteiger partial charge in [-0.15, -0.1) is 0 Å². The first-order valence-electron chi connectivity index (χ1n) is 19.3. The molecule has 2 heterocycles. The molecule has 57 heavy (non-hydrogen) atoms. The van der Waals surface area contributed by atoms with Gasteiger partial charge in [-0.1, -0.05) is 176 Å². The number of fused-ring (bicyclic) bond motifs is 5. The summed E-state index contributed by atoms with van der Waals surface area (Å²) in [7, 11) is 0. The van der Waals surface area contributed by atoms with Crippen molar-refractivity contribution in [3.63, 3.8) is 0 Å². The van der Waals surface area contributed by atoms with Crippen molar-refractivity contribution in [2.45, 2.75) is 0 Å². The number of benzene rings is 9. The van der Waals surface area contributed by atoms with Crippen molar-refractivity contribution in [1.29, 1.82) is 0 Å². The van der Waals surface area contributed by atoms with Crippen LogP contribution in [0.4, 0.5) is 0 Å². The zero-order valence-electron chi connectivity index (χ0n) is 30.9. The molecule has 4 nitrogen and oxygen atoms in total. The van der Waals surface area contributed by atoms with Gasteiger partial charge in [0.25, 0.3) is 0 Å². The van der Waals surface area contributed by atoms with Gasteiger partial charge in [-0.05, 0) is 79.7 Å². The lowest BCUT2D eigenvalue weighted by Crippen LogP contribution is -2.07. The predicted molar refractivity (Wildman–Crippen MR) is 236 cm³/mol. The minimum absolute atomic E-state index is 0.564. The molecule has 0 bridgehead atoms. The molecule has 0 aliphatic carbocycles. The van der Waals surface area contributed by atoms with Gasteiger partial charge in [-0.25, -0.2) is 4.98 Å². The van der Waals surface area contributed by atoms with E-state index >= 15 is 0 Å². The highest BCUT2D eigenvalue weighted by Crippen LogP contribution is 2.43. The first-order chi connectivity index (χ1) is 28.2. The first-order valence-corrected chi connectivity index (χ1v) is 19.3. The fraction of sp³-hybridized carbons (Fsp3) is 0. The second-order valence-corrected chi connectivity index (χ2v) is 14.5. The molecule has 266 valence electrons. The Bertz CT molecular complexity index is 3270. The molecule has 11 rings (SSSR count). The predicted octanol–water partition coefficient (Wildman–Crippen LogP) is 13.6. The highest BCUT2D eigenvalue weighted by Gasteiger charge is 2.23. The lowest BCUT2D eigenvalue weighted by molar-refractivity contribution is 0.954. The van der Waals surface area contributed by atoms with Crippen molar-refractivity contribution < 1.29 is 0 Å². The fourth-order valence-corrected chi connectivity index (χ4v) is 8.27. The number of hydrogen-bond acceptors (Lipinski definition) is 3. The Morgan fingerprint density at radius 1 is 0.298 bits per heavy atom. The molecule has 0 saturated heterocycles. The minimum atomic E-state index is 0.564. The van der Waals surface area contributed by atoms with Crippen molar-refractivity contribution in [2.75, 3.05) is 0 Å². The first kappa shape index (κ1) is 32.7. The van der Waals surface area contributed by atoms with Crippen LogP contribution in [0.3, 0.4) is 0 Å². The van der Waals surface area contributed by atoms with Gasteiger partial charge in [0.1, 0.15) is 0 Å². The summed E-state index contributed by atoms with van der Waals surface area (Å²) in [6.07, 6.45) is 0. The third-order valence-electron chi connectivity index (χ3n) is 11.0. The topological polar surface area (TPSA) is 43.6 Å². The maximum Gasteiger partial charge on any atom is 0.238 e. The molecule has 0 fully saturated rings. The molecule has 0 saturated carbocycles. The summed E-state index contributed by atoms with van der Waals surface area (Å²) in [6, 6.07) is 73.0. The van der Waals surface area contributed by atoms with Crippen molar-refractivity contribution in [3.05, 3.63) is 206 Å². The summed E-state index contributed by atoms with van der Waals surface area (Å²) in [5, 5.41) is 7.00. The maximum atomic E-state index is 5.36. The lowest BCUT2D eigenvalue weighted by atomic mass is 9.94. The second kappa shape index (κ2) is 13.6. The van der Waals surface area contributed by atoms with Gasteiger partial charge in [-0.2, -0.15) is 9.97 Å². The molecule has 0 spiro atoms. The van der Waals surface area contributed by atoms with E-state index in [-0.39, 0.29) is 0 Å². The summed E-state index contributed by atoms with van der Waals surface area (Å²) in [4.78, 5) is 15.8. The van der Waals surface area contributed by atoms with Crippen LogP contribution in [0.1, 0.15) is 0 Å².